The number of anilines is 6. The van der Waals surface area contributed by atoms with Crippen LogP contribution in [-0.2, 0) is 0 Å². The highest BCUT2D eigenvalue weighted by molar-refractivity contribution is 6.18. The van der Waals surface area contributed by atoms with Crippen LogP contribution in [0.2, 0.25) is 0 Å². The normalized spacial score (nSPS) is 11.7. The summed E-state index contributed by atoms with van der Waals surface area (Å²) in [7, 11) is 0. The summed E-state index contributed by atoms with van der Waals surface area (Å²) in [5.41, 5.74) is 14.2. The molecule has 0 aromatic heterocycles. The minimum absolute atomic E-state index is 1.13. The van der Waals surface area contributed by atoms with E-state index in [1.54, 1.807) is 0 Å². The van der Waals surface area contributed by atoms with Gasteiger partial charge in [-0.1, -0.05) is 206 Å². The molecule has 82 heavy (non-hydrogen) atoms. The lowest BCUT2D eigenvalue weighted by molar-refractivity contribution is 1.30. The maximum atomic E-state index is 2.42. The van der Waals surface area contributed by atoms with Crippen molar-refractivity contribution >= 4 is 120 Å². The van der Waals surface area contributed by atoms with Crippen LogP contribution in [-0.4, -0.2) is 0 Å². The van der Waals surface area contributed by atoms with Gasteiger partial charge in [-0.3, -0.25) is 0 Å². The van der Waals surface area contributed by atoms with Crippen molar-refractivity contribution in [2.75, 3.05) is 9.80 Å². The summed E-state index contributed by atoms with van der Waals surface area (Å²) < 4.78 is 0. The maximum absolute atomic E-state index is 2.42. The van der Waals surface area contributed by atoms with Gasteiger partial charge in [0.1, 0.15) is 0 Å². The van der Waals surface area contributed by atoms with Gasteiger partial charge in [0.15, 0.2) is 0 Å². The zero-order valence-electron chi connectivity index (χ0n) is 44.9. The summed E-state index contributed by atoms with van der Waals surface area (Å²) in [6.45, 7) is 0. The third kappa shape index (κ3) is 7.95. The van der Waals surface area contributed by atoms with Gasteiger partial charge in [0, 0.05) is 33.5 Å². The molecule has 0 amide bonds. The smallest absolute Gasteiger partial charge is 0.0540 e. The SMILES string of the molecule is c1ccc(N(c2ccccc2)c2cccc3cc4c(-c5cccc6cc7c(-c8cccc9cc%10c(-c%11cccc%12cc%13c(N(c%14ccccc%14)c%14ccccc%14)cccc%13cc%11%12)cccc%10cc89)cccc7cc56)cccc4cc23)cc1. The predicted molar refractivity (Wildman–Crippen MR) is 352 cm³/mol. The van der Waals surface area contributed by atoms with Gasteiger partial charge in [-0.05, 0) is 218 Å². The Morgan fingerprint density at radius 1 is 0.146 bits per heavy atom. The Morgan fingerprint density at radius 2 is 0.329 bits per heavy atom. The maximum Gasteiger partial charge on any atom is 0.0540 e. The number of rotatable bonds is 9. The van der Waals surface area contributed by atoms with Crippen LogP contribution in [0, 0.1) is 0 Å². The molecule has 16 aromatic rings. The van der Waals surface area contributed by atoms with E-state index >= 15 is 0 Å². The van der Waals surface area contributed by atoms with Crippen molar-refractivity contribution in [3.63, 3.8) is 0 Å². The molecule has 0 aliphatic rings. The molecule has 0 saturated heterocycles. The van der Waals surface area contributed by atoms with E-state index in [-0.39, 0.29) is 0 Å². The Kier molecular flexibility index (Phi) is 11.2. The fourth-order valence-electron chi connectivity index (χ4n) is 13.1. The molecular formula is C80H52N2. The van der Waals surface area contributed by atoms with Gasteiger partial charge in [-0.15, -0.1) is 0 Å². The molecule has 16 aromatic carbocycles. The highest BCUT2D eigenvalue weighted by atomic mass is 15.1. The van der Waals surface area contributed by atoms with Crippen molar-refractivity contribution in [1.82, 2.24) is 0 Å². The van der Waals surface area contributed by atoms with Crippen LogP contribution >= 0.6 is 0 Å². The molecular weight excluding hydrogens is 989 g/mol. The van der Waals surface area contributed by atoms with Crippen molar-refractivity contribution in [3.05, 3.63) is 315 Å². The van der Waals surface area contributed by atoms with Crippen molar-refractivity contribution < 1.29 is 0 Å². The molecule has 0 aliphatic carbocycles. The van der Waals surface area contributed by atoms with Crippen LogP contribution in [0.5, 0.6) is 0 Å². The van der Waals surface area contributed by atoms with E-state index in [1.165, 1.54) is 120 Å². The predicted octanol–water partition coefficient (Wildman–Crippen LogP) is 22.9. The van der Waals surface area contributed by atoms with Gasteiger partial charge in [-0.25, -0.2) is 0 Å². The van der Waals surface area contributed by atoms with Crippen LogP contribution in [0.25, 0.3) is 120 Å². The molecule has 16 rings (SSSR count). The molecule has 0 aliphatic heterocycles. The highest BCUT2D eigenvalue weighted by Gasteiger charge is 2.20. The summed E-state index contributed by atoms with van der Waals surface area (Å²) >= 11 is 0. The van der Waals surface area contributed by atoms with Gasteiger partial charge >= 0.3 is 0 Å². The second-order valence-corrected chi connectivity index (χ2v) is 21.6. The van der Waals surface area contributed by atoms with Gasteiger partial charge in [-0.2, -0.15) is 0 Å². The lowest BCUT2D eigenvalue weighted by Gasteiger charge is -2.27. The van der Waals surface area contributed by atoms with Gasteiger partial charge in [0.2, 0.25) is 0 Å². The van der Waals surface area contributed by atoms with Crippen molar-refractivity contribution in [2.24, 2.45) is 0 Å². The van der Waals surface area contributed by atoms with E-state index in [0.29, 0.717) is 0 Å². The molecule has 0 unspecified atom stereocenters. The molecule has 2 nitrogen and oxygen atoms in total. The first kappa shape index (κ1) is 47.2. The van der Waals surface area contributed by atoms with E-state index in [9.17, 15) is 0 Å². The molecule has 0 heterocycles. The zero-order valence-corrected chi connectivity index (χ0v) is 44.9. The summed E-state index contributed by atoms with van der Waals surface area (Å²) in [6.07, 6.45) is 0. The first-order chi connectivity index (χ1) is 40.7. The average molecular weight is 1040 g/mol. The van der Waals surface area contributed by atoms with Gasteiger partial charge in [0.05, 0.1) is 11.4 Å². The van der Waals surface area contributed by atoms with Crippen LogP contribution in [0.3, 0.4) is 0 Å². The van der Waals surface area contributed by atoms with Crippen LogP contribution in [0.4, 0.5) is 34.1 Å². The molecule has 0 atom stereocenters. The number of fused-ring (bicyclic) bond motifs is 8. The molecule has 0 spiro atoms. The minimum Gasteiger partial charge on any atom is -0.310 e. The van der Waals surface area contributed by atoms with Crippen LogP contribution in [0.1, 0.15) is 0 Å². The zero-order chi connectivity index (χ0) is 54.1. The fraction of sp³-hybridized carbons (Fsp3) is 0. The van der Waals surface area contributed by atoms with Crippen LogP contribution < -0.4 is 9.80 Å². The number of nitrogens with zero attached hydrogens (tertiary/aromatic N) is 2. The molecule has 0 fully saturated rings. The second-order valence-electron chi connectivity index (χ2n) is 21.6. The fourth-order valence-corrected chi connectivity index (χ4v) is 13.1. The quantitative estimate of drug-likeness (QED) is 0.133. The topological polar surface area (TPSA) is 6.48 Å². The van der Waals surface area contributed by atoms with Crippen molar-refractivity contribution in [3.8, 4) is 33.4 Å². The van der Waals surface area contributed by atoms with E-state index in [1.807, 2.05) is 0 Å². The molecule has 0 saturated carbocycles. The third-order valence-corrected chi connectivity index (χ3v) is 16.9. The number of benzene rings is 16. The summed E-state index contributed by atoms with van der Waals surface area (Å²) in [5.74, 6) is 0. The minimum atomic E-state index is 1.13. The van der Waals surface area contributed by atoms with E-state index < -0.39 is 0 Å². The molecule has 382 valence electrons. The Balaban J connectivity index is 0.787. The lowest BCUT2D eigenvalue weighted by atomic mass is 9.88. The Hall–Kier alpha value is -10.8. The van der Waals surface area contributed by atoms with Crippen molar-refractivity contribution in [2.45, 2.75) is 0 Å². The lowest BCUT2D eigenvalue weighted by Crippen LogP contribution is -2.10. The number of para-hydroxylation sites is 4. The van der Waals surface area contributed by atoms with E-state index in [4.69, 9.17) is 0 Å². The molecule has 2 heteroatoms. The first-order valence-corrected chi connectivity index (χ1v) is 28.3. The standard InChI is InChI=1S/C80H52N2/c1-5-29-61(30-6-1)81(62-31-7-2-8-32-62)79-43-19-27-59-49-75-57(51-77(59)79)25-17-41-69(75)67-39-15-23-55-45-71-53(47-73(55)67)21-13-37-65(71)66-38-14-22-54-48-74-56(46-72(54)66)24-16-40-68(74)70-42-18-26-58-52-78-60(50-76(58)70)28-20-44-80(78)82(63-33-9-3-10-34-63)64-35-11-4-12-36-64/h1-52H. The first-order valence-electron chi connectivity index (χ1n) is 28.3. The largest absolute Gasteiger partial charge is 0.310 e. The number of hydrogen-bond donors (Lipinski definition) is 0. The van der Waals surface area contributed by atoms with Crippen molar-refractivity contribution in [1.29, 1.82) is 0 Å². The third-order valence-electron chi connectivity index (χ3n) is 16.9. The average Bonchev–Trinajstić information content (AvgIpc) is 3.72. The Bertz CT molecular complexity index is 4740. The van der Waals surface area contributed by atoms with Gasteiger partial charge < -0.3 is 9.80 Å². The Labute approximate surface area is 476 Å². The Morgan fingerprint density at radius 3 is 0.549 bits per heavy atom. The summed E-state index contributed by atoms with van der Waals surface area (Å²) in [5, 5.41) is 19.6. The molecule has 0 N–H and O–H groups in total. The summed E-state index contributed by atoms with van der Waals surface area (Å²) in [4.78, 5) is 4.74. The van der Waals surface area contributed by atoms with Gasteiger partial charge in [0.25, 0.3) is 0 Å². The molecule has 0 bridgehead atoms. The van der Waals surface area contributed by atoms with E-state index in [0.717, 1.165) is 34.1 Å². The molecule has 0 radical (unpaired) electrons. The highest BCUT2D eigenvalue weighted by Crippen LogP contribution is 2.46. The summed E-state index contributed by atoms with van der Waals surface area (Å²) in [6, 6.07) is 116. The van der Waals surface area contributed by atoms with E-state index in [2.05, 4.69) is 325 Å². The van der Waals surface area contributed by atoms with Crippen LogP contribution in [0.15, 0.2) is 315 Å². The monoisotopic (exact) mass is 1040 g/mol. The number of hydrogen-bond acceptors (Lipinski definition) is 2. The second kappa shape index (κ2) is 19.5.